The summed E-state index contributed by atoms with van der Waals surface area (Å²) in [4.78, 5) is 11.7. The summed E-state index contributed by atoms with van der Waals surface area (Å²) in [6, 6.07) is 12.7. The SMILES string of the molecule is O=c1cc(-c2ccc(O)cc2)oc(-c2ccco2)c1. The van der Waals surface area contributed by atoms with Crippen LogP contribution in [0.3, 0.4) is 0 Å². The molecule has 94 valence electrons. The van der Waals surface area contributed by atoms with E-state index in [2.05, 4.69) is 0 Å². The first-order valence-electron chi connectivity index (χ1n) is 5.71. The van der Waals surface area contributed by atoms with Crippen LogP contribution in [0.15, 0.2) is 68.4 Å². The Labute approximate surface area is 108 Å². The van der Waals surface area contributed by atoms with Gasteiger partial charge in [-0.1, -0.05) is 0 Å². The minimum Gasteiger partial charge on any atom is -0.508 e. The number of rotatable bonds is 2. The van der Waals surface area contributed by atoms with Gasteiger partial charge in [-0.15, -0.1) is 0 Å². The second kappa shape index (κ2) is 4.49. The Morgan fingerprint density at radius 1 is 0.895 bits per heavy atom. The monoisotopic (exact) mass is 254 g/mol. The predicted molar refractivity (Wildman–Crippen MR) is 69.8 cm³/mol. The van der Waals surface area contributed by atoms with Crippen molar-refractivity contribution in [2.75, 3.05) is 0 Å². The van der Waals surface area contributed by atoms with Crippen LogP contribution in [0.4, 0.5) is 0 Å². The van der Waals surface area contributed by atoms with Gasteiger partial charge in [0.15, 0.2) is 16.9 Å². The number of hydrogen-bond acceptors (Lipinski definition) is 4. The Kier molecular flexibility index (Phi) is 2.68. The highest BCUT2D eigenvalue weighted by atomic mass is 16.4. The zero-order valence-electron chi connectivity index (χ0n) is 9.87. The van der Waals surface area contributed by atoms with Crippen LogP contribution < -0.4 is 5.43 Å². The van der Waals surface area contributed by atoms with Crippen molar-refractivity contribution in [3.05, 3.63) is 65.0 Å². The number of phenolic OH excluding ortho intramolecular Hbond substituents is 1. The first-order chi connectivity index (χ1) is 9.22. The Bertz CT molecular complexity index is 737. The van der Waals surface area contributed by atoms with E-state index < -0.39 is 0 Å². The third-order valence-corrected chi connectivity index (χ3v) is 2.68. The zero-order valence-corrected chi connectivity index (χ0v) is 9.87. The van der Waals surface area contributed by atoms with E-state index in [9.17, 15) is 9.90 Å². The number of phenols is 1. The van der Waals surface area contributed by atoms with Crippen LogP contribution in [0.25, 0.3) is 22.8 Å². The smallest absolute Gasteiger partial charge is 0.186 e. The molecule has 0 unspecified atom stereocenters. The molecule has 2 aromatic heterocycles. The molecule has 0 spiro atoms. The van der Waals surface area contributed by atoms with Crippen molar-refractivity contribution in [1.29, 1.82) is 0 Å². The average Bonchev–Trinajstić information content (AvgIpc) is 2.93. The minimum absolute atomic E-state index is 0.160. The maximum atomic E-state index is 11.7. The number of furan rings is 1. The fourth-order valence-corrected chi connectivity index (χ4v) is 1.79. The largest absolute Gasteiger partial charge is 0.508 e. The Morgan fingerprint density at radius 3 is 2.32 bits per heavy atom. The van der Waals surface area contributed by atoms with Gasteiger partial charge in [-0.05, 0) is 36.4 Å². The third-order valence-electron chi connectivity index (χ3n) is 2.68. The van der Waals surface area contributed by atoms with E-state index in [1.165, 1.54) is 30.5 Å². The molecule has 19 heavy (non-hydrogen) atoms. The highest BCUT2D eigenvalue weighted by Gasteiger charge is 2.08. The molecule has 1 N–H and O–H groups in total. The molecule has 0 aliphatic heterocycles. The van der Waals surface area contributed by atoms with E-state index in [-0.39, 0.29) is 11.2 Å². The molecule has 0 amide bonds. The highest BCUT2D eigenvalue weighted by Crippen LogP contribution is 2.26. The van der Waals surface area contributed by atoms with Crippen LogP contribution in [0.1, 0.15) is 0 Å². The number of benzene rings is 1. The highest BCUT2D eigenvalue weighted by molar-refractivity contribution is 5.60. The lowest BCUT2D eigenvalue weighted by atomic mass is 10.1. The first kappa shape index (κ1) is 11.3. The van der Waals surface area contributed by atoms with Gasteiger partial charge in [0.2, 0.25) is 0 Å². The van der Waals surface area contributed by atoms with E-state index in [1.54, 1.807) is 24.3 Å². The van der Waals surface area contributed by atoms with Crippen LogP contribution in [-0.2, 0) is 0 Å². The van der Waals surface area contributed by atoms with Gasteiger partial charge in [-0.2, -0.15) is 0 Å². The summed E-state index contributed by atoms with van der Waals surface area (Å²) in [6.07, 6.45) is 1.52. The number of aromatic hydroxyl groups is 1. The van der Waals surface area contributed by atoms with Crippen LogP contribution >= 0.6 is 0 Å². The molecule has 4 nitrogen and oxygen atoms in total. The maximum Gasteiger partial charge on any atom is 0.186 e. The molecule has 0 radical (unpaired) electrons. The molecule has 2 heterocycles. The Balaban J connectivity index is 2.12. The summed E-state index contributed by atoms with van der Waals surface area (Å²) in [7, 11) is 0. The molecule has 0 fully saturated rings. The van der Waals surface area contributed by atoms with E-state index in [0.29, 0.717) is 22.8 Å². The maximum absolute atomic E-state index is 11.7. The molecule has 1 aromatic carbocycles. The molecule has 0 atom stereocenters. The summed E-state index contributed by atoms with van der Waals surface area (Å²) >= 11 is 0. The molecule has 0 saturated carbocycles. The van der Waals surface area contributed by atoms with Crippen molar-refractivity contribution in [3.8, 4) is 28.6 Å². The second-order valence-electron chi connectivity index (χ2n) is 4.05. The van der Waals surface area contributed by atoms with Gasteiger partial charge in [-0.3, -0.25) is 4.79 Å². The number of hydrogen-bond donors (Lipinski definition) is 1. The molecular weight excluding hydrogens is 244 g/mol. The molecule has 4 heteroatoms. The summed E-state index contributed by atoms with van der Waals surface area (Å²) in [6.45, 7) is 0. The van der Waals surface area contributed by atoms with Gasteiger partial charge in [0.1, 0.15) is 11.5 Å². The summed E-state index contributed by atoms with van der Waals surface area (Å²) in [5.41, 5.74) is 0.545. The lowest BCUT2D eigenvalue weighted by Crippen LogP contribution is -1.98. The van der Waals surface area contributed by atoms with Crippen molar-refractivity contribution in [2.45, 2.75) is 0 Å². The summed E-state index contributed by atoms with van der Waals surface area (Å²) < 4.78 is 10.9. The van der Waals surface area contributed by atoms with Gasteiger partial charge in [0, 0.05) is 17.7 Å². The minimum atomic E-state index is -0.166. The van der Waals surface area contributed by atoms with E-state index in [0.717, 1.165) is 0 Å². The quantitative estimate of drug-likeness (QED) is 0.762. The lowest BCUT2D eigenvalue weighted by molar-refractivity contribution is 0.475. The Hall–Kier alpha value is -2.75. The summed E-state index contributed by atoms with van der Waals surface area (Å²) in [5.74, 6) is 1.46. The lowest BCUT2D eigenvalue weighted by Gasteiger charge is -2.03. The van der Waals surface area contributed by atoms with E-state index in [1.807, 2.05) is 0 Å². The van der Waals surface area contributed by atoms with Crippen molar-refractivity contribution in [3.63, 3.8) is 0 Å². The van der Waals surface area contributed by atoms with E-state index >= 15 is 0 Å². The van der Waals surface area contributed by atoms with Gasteiger partial charge in [0.05, 0.1) is 6.26 Å². The van der Waals surface area contributed by atoms with Gasteiger partial charge < -0.3 is 13.9 Å². The third kappa shape index (κ3) is 2.28. The second-order valence-corrected chi connectivity index (χ2v) is 4.05. The fourth-order valence-electron chi connectivity index (χ4n) is 1.79. The van der Waals surface area contributed by atoms with Crippen LogP contribution in [0.5, 0.6) is 5.75 Å². The molecular formula is C15H10O4. The topological polar surface area (TPSA) is 63.6 Å². The van der Waals surface area contributed by atoms with Crippen molar-refractivity contribution in [2.24, 2.45) is 0 Å². The molecule has 0 saturated heterocycles. The average molecular weight is 254 g/mol. The van der Waals surface area contributed by atoms with Crippen molar-refractivity contribution < 1.29 is 13.9 Å². The Morgan fingerprint density at radius 2 is 1.63 bits per heavy atom. The molecule has 0 bridgehead atoms. The normalized spacial score (nSPS) is 10.5. The van der Waals surface area contributed by atoms with Crippen LogP contribution in [0, 0.1) is 0 Å². The van der Waals surface area contributed by atoms with Crippen LogP contribution in [0.2, 0.25) is 0 Å². The standard InChI is InChI=1S/C15H10O4/c16-11-5-3-10(4-6-11)14-8-12(17)9-15(19-14)13-2-1-7-18-13/h1-9,16H. The van der Waals surface area contributed by atoms with E-state index in [4.69, 9.17) is 8.83 Å². The zero-order chi connectivity index (χ0) is 13.2. The van der Waals surface area contributed by atoms with Gasteiger partial charge >= 0.3 is 0 Å². The molecule has 3 rings (SSSR count). The predicted octanol–water partition coefficient (Wildman–Crippen LogP) is 3.27. The molecule has 0 aliphatic carbocycles. The van der Waals surface area contributed by atoms with Gasteiger partial charge in [-0.25, -0.2) is 0 Å². The van der Waals surface area contributed by atoms with Gasteiger partial charge in [0.25, 0.3) is 0 Å². The summed E-state index contributed by atoms with van der Waals surface area (Å²) in [5, 5.41) is 9.26. The van der Waals surface area contributed by atoms with Crippen molar-refractivity contribution in [1.82, 2.24) is 0 Å². The van der Waals surface area contributed by atoms with Crippen LogP contribution in [-0.4, -0.2) is 5.11 Å². The molecule has 3 aromatic rings. The first-order valence-corrected chi connectivity index (χ1v) is 5.71. The fraction of sp³-hybridized carbons (Fsp3) is 0. The molecule has 0 aliphatic rings. The van der Waals surface area contributed by atoms with Crippen molar-refractivity contribution >= 4 is 0 Å².